The summed E-state index contributed by atoms with van der Waals surface area (Å²) in [5.41, 5.74) is 2.35. The summed E-state index contributed by atoms with van der Waals surface area (Å²) in [7, 11) is 0. The van der Waals surface area contributed by atoms with Crippen LogP contribution in [0.25, 0.3) is 10.4 Å². The third-order valence-electron chi connectivity index (χ3n) is 2.94. The van der Waals surface area contributed by atoms with Gasteiger partial charge in [-0.05, 0) is 29.6 Å². The Balaban J connectivity index is 1.80. The molecule has 0 atom stereocenters. The van der Waals surface area contributed by atoms with E-state index in [0.717, 1.165) is 17.1 Å². The van der Waals surface area contributed by atoms with Crippen molar-refractivity contribution in [3.05, 3.63) is 63.7 Å². The van der Waals surface area contributed by atoms with Gasteiger partial charge < -0.3 is 5.32 Å². The van der Waals surface area contributed by atoms with Crippen molar-refractivity contribution in [2.24, 2.45) is 0 Å². The zero-order valence-corrected chi connectivity index (χ0v) is 12.3. The first-order valence-corrected chi connectivity index (χ1v) is 7.92. The van der Waals surface area contributed by atoms with Gasteiger partial charge in [0.1, 0.15) is 10.9 Å². The van der Waals surface area contributed by atoms with E-state index in [2.05, 4.69) is 47.1 Å². The maximum atomic E-state index is 8.85. The minimum Gasteiger partial charge on any atom is -0.380 e. The highest BCUT2D eigenvalue weighted by atomic mass is 32.1. The molecular weight excluding hydrogens is 284 g/mol. The zero-order chi connectivity index (χ0) is 13.8. The summed E-state index contributed by atoms with van der Waals surface area (Å²) in [5.74, 6) is 0. The molecule has 0 aliphatic heterocycles. The summed E-state index contributed by atoms with van der Waals surface area (Å²) >= 11 is 3.27. The highest BCUT2D eigenvalue weighted by molar-refractivity contribution is 7.13. The van der Waals surface area contributed by atoms with E-state index in [9.17, 15) is 0 Å². The van der Waals surface area contributed by atoms with Crippen LogP contribution in [0.15, 0.2) is 53.9 Å². The Bertz CT molecular complexity index is 736. The lowest BCUT2D eigenvalue weighted by molar-refractivity contribution is 1.19. The Morgan fingerprint density at radius 1 is 1.05 bits per heavy atom. The van der Waals surface area contributed by atoms with Crippen molar-refractivity contribution in [2.75, 3.05) is 5.32 Å². The molecule has 3 rings (SSSR count). The van der Waals surface area contributed by atoms with Crippen molar-refractivity contribution in [1.29, 1.82) is 5.26 Å². The molecule has 0 aliphatic rings. The molecule has 4 heteroatoms. The molecule has 0 saturated carbocycles. The molecule has 98 valence electrons. The van der Waals surface area contributed by atoms with Crippen LogP contribution in [0.5, 0.6) is 0 Å². The molecule has 0 unspecified atom stereocenters. The second-order valence-corrected chi connectivity index (χ2v) is 6.37. The first kappa shape index (κ1) is 12.9. The predicted molar refractivity (Wildman–Crippen MR) is 86.1 cm³/mol. The molecule has 0 bridgehead atoms. The van der Waals surface area contributed by atoms with Crippen LogP contribution in [-0.4, -0.2) is 0 Å². The van der Waals surface area contributed by atoms with E-state index in [-0.39, 0.29) is 0 Å². The minimum absolute atomic E-state index is 0.745. The largest absolute Gasteiger partial charge is 0.380 e. The predicted octanol–water partition coefficient (Wildman–Crippen LogP) is 4.96. The molecule has 3 aromatic rings. The quantitative estimate of drug-likeness (QED) is 0.738. The average Bonchev–Trinajstić information content (AvgIpc) is 3.17. The molecular formula is C16H12N2S2. The third kappa shape index (κ3) is 2.74. The Labute approximate surface area is 125 Å². The van der Waals surface area contributed by atoms with Gasteiger partial charge in [-0.25, -0.2) is 0 Å². The Morgan fingerprint density at radius 2 is 1.95 bits per heavy atom. The number of nitrogens with one attached hydrogen (secondary N) is 1. The Morgan fingerprint density at radius 3 is 2.70 bits per heavy atom. The fraction of sp³-hybridized carbons (Fsp3) is 0.0625. The van der Waals surface area contributed by atoms with E-state index in [1.807, 2.05) is 18.2 Å². The molecule has 1 N–H and O–H groups in total. The molecule has 0 saturated heterocycles. The fourth-order valence-corrected chi connectivity index (χ4v) is 3.51. The van der Waals surface area contributed by atoms with E-state index in [1.54, 1.807) is 11.3 Å². The van der Waals surface area contributed by atoms with E-state index in [4.69, 9.17) is 5.26 Å². The number of rotatable bonds is 4. The molecule has 2 heterocycles. The summed E-state index contributed by atoms with van der Waals surface area (Å²) in [6.07, 6.45) is 0. The Kier molecular flexibility index (Phi) is 3.82. The first-order chi connectivity index (χ1) is 9.86. The highest BCUT2D eigenvalue weighted by Gasteiger charge is 2.06. The van der Waals surface area contributed by atoms with E-state index in [0.29, 0.717) is 0 Å². The monoisotopic (exact) mass is 296 g/mol. The lowest BCUT2D eigenvalue weighted by atomic mass is 10.1. The van der Waals surface area contributed by atoms with Crippen molar-refractivity contribution in [3.8, 4) is 16.5 Å². The smallest absolute Gasteiger partial charge is 0.110 e. The van der Waals surface area contributed by atoms with Gasteiger partial charge in [-0.1, -0.05) is 24.3 Å². The molecule has 0 radical (unpaired) electrons. The van der Waals surface area contributed by atoms with Crippen LogP contribution in [0.4, 0.5) is 5.69 Å². The molecule has 1 aromatic carbocycles. The van der Waals surface area contributed by atoms with Crippen molar-refractivity contribution >= 4 is 28.4 Å². The zero-order valence-electron chi connectivity index (χ0n) is 10.7. The van der Waals surface area contributed by atoms with Crippen LogP contribution in [-0.2, 0) is 6.54 Å². The molecule has 2 aromatic heterocycles. The van der Waals surface area contributed by atoms with Gasteiger partial charge in [-0.15, -0.1) is 22.7 Å². The van der Waals surface area contributed by atoms with E-state index >= 15 is 0 Å². The van der Waals surface area contributed by atoms with Gasteiger partial charge in [0.25, 0.3) is 0 Å². The van der Waals surface area contributed by atoms with Crippen molar-refractivity contribution in [1.82, 2.24) is 0 Å². The number of hydrogen-bond acceptors (Lipinski definition) is 4. The van der Waals surface area contributed by atoms with E-state index < -0.39 is 0 Å². The summed E-state index contributed by atoms with van der Waals surface area (Å²) in [5, 5.41) is 14.4. The van der Waals surface area contributed by atoms with Gasteiger partial charge >= 0.3 is 0 Å². The maximum absolute atomic E-state index is 8.85. The second-order valence-electron chi connectivity index (χ2n) is 4.25. The molecule has 0 fully saturated rings. The standard InChI is InChI=1S/C16H12N2S2/c17-10-12-7-8-13(20-12)11-18-15-5-2-1-4-14(15)16-6-3-9-19-16/h1-9,18H,11H2. The lowest BCUT2D eigenvalue weighted by Crippen LogP contribution is -1.98. The van der Waals surface area contributed by atoms with Gasteiger partial charge in [-0.2, -0.15) is 5.26 Å². The topological polar surface area (TPSA) is 35.8 Å². The van der Waals surface area contributed by atoms with Crippen LogP contribution in [0.3, 0.4) is 0 Å². The summed E-state index contributed by atoms with van der Waals surface area (Å²) in [4.78, 5) is 3.19. The van der Waals surface area contributed by atoms with Gasteiger partial charge in [0, 0.05) is 27.5 Å². The molecule has 2 nitrogen and oxygen atoms in total. The van der Waals surface area contributed by atoms with Crippen molar-refractivity contribution in [2.45, 2.75) is 6.54 Å². The number of thiophene rings is 2. The van der Waals surface area contributed by atoms with E-state index in [1.165, 1.54) is 26.7 Å². The average molecular weight is 296 g/mol. The number of nitriles is 1. The number of anilines is 1. The highest BCUT2D eigenvalue weighted by Crippen LogP contribution is 2.31. The lowest BCUT2D eigenvalue weighted by Gasteiger charge is -2.10. The SMILES string of the molecule is N#Cc1ccc(CNc2ccccc2-c2cccs2)s1. The van der Waals surface area contributed by atoms with Crippen LogP contribution < -0.4 is 5.32 Å². The fourth-order valence-electron chi connectivity index (χ4n) is 2.00. The van der Waals surface area contributed by atoms with Gasteiger partial charge in [0.2, 0.25) is 0 Å². The molecule has 0 amide bonds. The van der Waals surface area contributed by atoms with Crippen LogP contribution in [0.2, 0.25) is 0 Å². The maximum Gasteiger partial charge on any atom is 0.110 e. The normalized spacial score (nSPS) is 10.2. The first-order valence-electron chi connectivity index (χ1n) is 6.22. The van der Waals surface area contributed by atoms with Crippen LogP contribution >= 0.6 is 22.7 Å². The number of benzene rings is 1. The number of hydrogen-bond donors (Lipinski definition) is 1. The van der Waals surface area contributed by atoms with Crippen LogP contribution in [0, 0.1) is 11.3 Å². The summed E-state index contributed by atoms with van der Waals surface area (Å²) in [6.45, 7) is 0.745. The van der Waals surface area contributed by atoms with Crippen molar-refractivity contribution < 1.29 is 0 Å². The molecule has 20 heavy (non-hydrogen) atoms. The van der Waals surface area contributed by atoms with Crippen molar-refractivity contribution in [3.63, 3.8) is 0 Å². The van der Waals surface area contributed by atoms with Gasteiger partial charge in [-0.3, -0.25) is 0 Å². The third-order valence-corrected chi connectivity index (χ3v) is 4.83. The number of nitrogens with zero attached hydrogens (tertiary/aromatic N) is 1. The molecule has 0 aliphatic carbocycles. The second kappa shape index (κ2) is 5.91. The minimum atomic E-state index is 0.745. The van der Waals surface area contributed by atoms with Gasteiger partial charge in [0.05, 0.1) is 0 Å². The Hall–Kier alpha value is -2.09. The number of para-hydroxylation sites is 1. The van der Waals surface area contributed by atoms with Gasteiger partial charge in [0.15, 0.2) is 0 Å². The summed E-state index contributed by atoms with van der Waals surface area (Å²) < 4.78 is 0. The van der Waals surface area contributed by atoms with Crippen LogP contribution in [0.1, 0.15) is 9.75 Å². The summed E-state index contributed by atoms with van der Waals surface area (Å²) in [6, 6.07) is 18.5. The molecule has 0 spiro atoms.